The van der Waals surface area contributed by atoms with E-state index in [1.807, 2.05) is 18.2 Å². The molecule has 1 atom stereocenters. The zero-order valence-electron chi connectivity index (χ0n) is 19.3. The number of hydrogen-bond acceptors (Lipinski definition) is 4. The monoisotopic (exact) mass is 524 g/mol. The first-order valence-corrected chi connectivity index (χ1v) is 13.0. The number of rotatable bonds is 8. The molecule has 1 aromatic heterocycles. The average molecular weight is 525 g/mol. The van der Waals surface area contributed by atoms with Crippen LogP contribution in [0, 0.1) is 5.92 Å². The highest BCUT2D eigenvalue weighted by Crippen LogP contribution is 2.40. The minimum atomic E-state index is -3.66. The van der Waals surface area contributed by atoms with Gasteiger partial charge in [0.25, 0.3) is 5.92 Å². The number of carbonyl (C=O) groups is 2. The number of ketones is 1. The number of ether oxygens (including phenoxy) is 1. The van der Waals surface area contributed by atoms with Crippen molar-refractivity contribution in [1.29, 1.82) is 0 Å². The molecule has 0 bridgehead atoms. The zero-order valence-corrected chi connectivity index (χ0v) is 20.8. The highest BCUT2D eigenvalue weighted by atomic mass is 35.5. The Kier molecular flexibility index (Phi) is 6.91. The highest BCUT2D eigenvalue weighted by molar-refractivity contribution is 7.20. The number of thiophene rings is 1. The molecular weight excluding hydrogens is 502 g/mol. The van der Waals surface area contributed by atoms with Crippen LogP contribution in [0.4, 0.5) is 8.78 Å². The van der Waals surface area contributed by atoms with Crippen LogP contribution in [0.5, 0.6) is 5.75 Å². The number of alkyl halides is 2. The van der Waals surface area contributed by atoms with Gasteiger partial charge < -0.3 is 9.53 Å². The third kappa shape index (κ3) is 4.93. The number of Topliss-reactive ketones (excluding diaryl/α,β-unsaturated/α-hetero) is 1. The molecule has 5 rings (SSSR count). The van der Waals surface area contributed by atoms with Gasteiger partial charge in [-0.15, -0.1) is 11.3 Å². The van der Waals surface area contributed by atoms with Crippen molar-refractivity contribution in [3.8, 4) is 16.9 Å². The smallest absolute Gasteiger partial charge is 0.289 e. The summed E-state index contributed by atoms with van der Waals surface area (Å²) in [6.45, 7) is 0. The summed E-state index contributed by atoms with van der Waals surface area (Å²) in [5.41, 5.74) is 1.15. The predicted molar refractivity (Wildman–Crippen MR) is 139 cm³/mol. The van der Waals surface area contributed by atoms with E-state index in [0.29, 0.717) is 10.8 Å². The van der Waals surface area contributed by atoms with Crippen molar-refractivity contribution >= 4 is 45.1 Å². The van der Waals surface area contributed by atoms with E-state index >= 15 is 8.78 Å². The first-order valence-electron chi connectivity index (χ1n) is 11.8. The Morgan fingerprint density at radius 2 is 1.61 bits per heavy atom. The van der Waals surface area contributed by atoms with Crippen molar-refractivity contribution in [2.75, 3.05) is 0 Å². The van der Waals surface area contributed by atoms with E-state index in [9.17, 15) is 9.59 Å². The van der Waals surface area contributed by atoms with Gasteiger partial charge in [0, 0.05) is 15.3 Å². The second-order valence-corrected chi connectivity index (χ2v) is 10.5. The molecule has 1 aliphatic rings. The molecule has 7 heteroatoms. The van der Waals surface area contributed by atoms with Crippen LogP contribution >= 0.6 is 22.9 Å². The van der Waals surface area contributed by atoms with Crippen LogP contribution in [0.15, 0.2) is 72.8 Å². The number of fused-ring (bicyclic) bond motifs is 1. The lowest BCUT2D eigenvalue weighted by Gasteiger charge is -2.22. The predicted octanol–water partition coefficient (Wildman–Crippen LogP) is 8.33. The molecule has 1 fully saturated rings. The molecule has 1 heterocycles. The Morgan fingerprint density at radius 3 is 2.25 bits per heavy atom. The fourth-order valence-corrected chi connectivity index (χ4v) is 5.77. The molecule has 0 radical (unpaired) electrons. The van der Waals surface area contributed by atoms with E-state index in [1.165, 1.54) is 12.1 Å². The molecule has 0 amide bonds. The Hall–Kier alpha value is -3.09. The number of halogens is 3. The van der Waals surface area contributed by atoms with Gasteiger partial charge in [0.2, 0.25) is 0 Å². The molecule has 184 valence electrons. The van der Waals surface area contributed by atoms with Crippen LogP contribution in [0.1, 0.15) is 40.9 Å². The van der Waals surface area contributed by atoms with Gasteiger partial charge >= 0.3 is 0 Å². The van der Waals surface area contributed by atoms with E-state index in [-0.39, 0.29) is 22.8 Å². The molecule has 0 spiro atoms. The van der Waals surface area contributed by atoms with Crippen molar-refractivity contribution < 1.29 is 23.1 Å². The molecular formula is C29H23ClF2O3S. The highest BCUT2D eigenvalue weighted by Gasteiger charge is 2.46. The molecule has 1 aliphatic carbocycles. The van der Waals surface area contributed by atoms with Crippen molar-refractivity contribution in [1.82, 2.24) is 0 Å². The number of benzene rings is 3. The lowest BCUT2D eigenvalue weighted by atomic mass is 9.90. The van der Waals surface area contributed by atoms with Crippen LogP contribution in [-0.4, -0.2) is 18.2 Å². The van der Waals surface area contributed by atoms with Gasteiger partial charge in [0.15, 0.2) is 5.78 Å². The van der Waals surface area contributed by atoms with Gasteiger partial charge in [-0.05, 0) is 78.6 Å². The van der Waals surface area contributed by atoms with Crippen LogP contribution in [0.2, 0.25) is 5.02 Å². The summed E-state index contributed by atoms with van der Waals surface area (Å²) < 4.78 is 37.6. The summed E-state index contributed by atoms with van der Waals surface area (Å²) in [5, 5.41) is 1.33. The Balaban J connectivity index is 1.37. The lowest BCUT2D eigenvalue weighted by molar-refractivity contribution is -0.122. The van der Waals surface area contributed by atoms with Crippen molar-refractivity contribution in [2.45, 2.75) is 37.7 Å². The van der Waals surface area contributed by atoms with Crippen LogP contribution in [0.3, 0.4) is 0 Å². The minimum absolute atomic E-state index is 0.0501. The number of hydrogen-bond donors (Lipinski definition) is 0. The zero-order chi connectivity index (χ0) is 25.3. The van der Waals surface area contributed by atoms with Gasteiger partial charge in [-0.3, -0.25) is 4.79 Å². The molecule has 4 aromatic rings. The van der Waals surface area contributed by atoms with E-state index in [4.69, 9.17) is 16.3 Å². The van der Waals surface area contributed by atoms with Gasteiger partial charge in [-0.2, -0.15) is 0 Å². The van der Waals surface area contributed by atoms with Gasteiger partial charge in [0.05, 0.1) is 11.0 Å². The maximum atomic E-state index is 15.4. The standard InChI is InChI=1S/C29H23ClF2O3S/c30-22-12-7-19(8-13-22)18-5-10-21(11-6-18)29(31,32)25(17-33)28(34)27-15-20-9-14-24(16-26(20)36-27)35-23-3-1-2-4-23/h5-17,23,25H,1-4H2. The van der Waals surface area contributed by atoms with Crippen LogP contribution in [-0.2, 0) is 10.7 Å². The first-order chi connectivity index (χ1) is 17.3. The van der Waals surface area contributed by atoms with E-state index in [2.05, 4.69) is 0 Å². The molecule has 0 N–H and O–H groups in total. The Bertz CT molecular complexity index is 1390. The Morgan fingerprint density at radius 1 is 0.972 bits per heavy atom. The van der Waals surface area contributed by atoms with E-state index < -0.39 is 17.6 Å². The van der Waals surface area contributed by atoms with Crippen molar-refractivity contribution in [3.63, 3.8) is 0 Å². The van der Waals surface area contributed by atoms with Crippen molar-refractivity contribution in [3.05, 3.63) is 88.3 Å². The summed E-state index contributed by atoms with van der Waals surface area (Å²) in [5.74, 6) is -5.98. The van der Waals surface area contributed by atoms with Gasteiger partial charge in [-0.25, -0.2) is 8.78 Å². The quantitative estimate of drug-likeness (QED) is 0.132. The lowest BCUT2D eigenvalue weighted by Crippen LogP contribution is -2.33. The normalized spacial score (nSPS) is 15.2. The fraction of sp³-hybridized carbons (Fsp3) is 0.241. The summed E-state index contributed by atoms with van der Waals surface area (Å²) >= 11 is 7.01. The van der Waals surface area contributed by atoms with Crippen LogP contribution in [0.25, 0.3) is 21.2 Å². The van der Waals surface area contributed by atoms with Crippen molar-refractivity contribution in [2.24, 2.45) is 5.92 Å². The third-order valence-electron chi connectivity index (χ3n) is 6.60. The molecule has 3 aromatic carbocycles. The van der Waals surface area contributed by atoms with Gasteiger partial charge in [0.1, 0.15) is 18.0 Å². The second kappa shape index (κ2) is 10.1. The summed E-state index contributed by atoms with van der Waals surface area (Å²) in [7, 11) is 0. The van der Waals surface area contributed by atoms with E-state index in [0.717, 1.165) is 58.2 Å². The summed E-state index contributed by atoms with van der Waals surface area (Å²) in [4.78, 5) is 25.0. The topological polar surface area (TPSA) is 43.4 Å². The molecule has 1 unspecified atom stereocenters. The first kappa shape index (κ1) is 24.6. The molecule has 36 heavy (non-hydrogen) atoms. The summed E-state index contributed by atoms with van der Waals surface area (Å²) in [6.07, 6.45) is 4.57. The number of aldehydes is 1. The van der Waals surface area contributed by atoms with Gasteiger partial charge in [-0.1, -0.05) is 48.0 Å². The Labute approximate surface area is 216 Å². The second-order valence-electron chi connectivity index (χ2n) is 9.02. The maximum Gasteiger partial charge on any atom is 0.289 e. The molecule has 0 saturated heterocycles. The minimum Gasteiger partial charge on any atom is -0.490 e. The average Bonchev–Trinajstić information content (AvgIpc) is 3.54. The molecule has 3 nitrogen and oxygen atoms in total. The van der Waals surface area contributed by atoms with E-state index in [1.54, 1.807) is 42.5 Å². The maximum absolute atomic E-state index is 15.4. The largest absolute Gasteiger partial charge is 0.490 e. The number of carbonyl (C=O) groups excluding carboxylic acids is 2. The summed E-state index contributed by atoms with van der Waals surface area (Å²) in [6, 6.07) is 19.7. The molecule has 0 aliphatic heterocycles. The molecule has 1 saturated carbocycles. The SMILES string of the molecule is O=CC(C(=O)c1cc2ccc(OC3CCCC3)cc2s1)C(F)(F)c1ccc(-c2ccc(Cl)cc2)cc1. The fourth-order valence-electron chi connectivity index (χ4n) is 4.58. The van der Waals surface area contributed by atoms with Crippen LogP contribution < -0.4 is 4.74 Å². The third-order valence-corrected chi connectivity index (χ3v) is 7.96.